The molecule has 0 aromatic heterocycles. The van der Waals surface area contributed by atoms with Gasteiger partial charge in [0.1, 0.15) is 0 Å². The fourth-order valence-corrected chi connectivity index (χ4v) is 9.73. The van der Waals surface area contributed by atoms with E-state index in [4.69, 9.17) is 0 Å². The first-order valence-corrected chi connectivity index (χ1v) is 19.6. The van der Waals surface area contributed by atoms with Gasteiger partial charge in [0.25, 0.3) is 0 Å². The van der Waals surface area contributed by atoms with Crippen LogP contribution in [0.2, 0.25) is 0 Å². The zero-order valence-corrected chi connectivity index (χ0v) is 31.5. The summed E-state index contributed by atoms with van der Waals surface area (Å²) in [6.45, 7) is 4.62. The summed E-state index contributed by atoms with van der Waals surface area (Å²) in [4.78, 5) is 0. The molecule has 0 aliphatic carbocycles. The monoisotopic (exact) mass is 710 g/mol. The van der Waals surface area contributed by atoms with E-state index in [1.165, 1.54) is 120 Å². The first kappa shape index (κ1) is 32.4. The average molecular weight is 711 g/mol. The molecule has 0 nitrogen and oxygen atoms in total. The van der Waals surface area contributed by atoms with Gasteiger partial charge in [-0.05, 0) is 134 Å². The highest BCUT2D eigenvalue weighted by molar-refractivity contribution is 6.24. The molecule has 11 aromatic carbocycles. The van der Waals surface area contributed by atoms with Crippen LogP contribution in [0.5, 0.6) is 0 Å². The Bertz CT molecular complexity index is 3010. The summed E-state index contributed by atoms with van der Waals surface area (Å²) in [5.74, 6) is 0. The zero-order valence-electron chi connectivity index (χ0n) is 31.5. The average Bonchev–Trinajstić information content (AvgIpc) is 3.26. The lowest BCUT2D eigenvalue weighted by Crippen LogP contribution is -1.94. The Labute approximate surface area is 326 Å². The fraction of sp³-hybridized carbons (Fsp3) is 0.0357. The lowest BCUT2D eigenvalue weighted by molar-refractivity contribution is 1.51. The van der Waals surface area contributed by atoms with Crippen molar-refractivity contribution in [1.29, 1.82) is 0 Å². The van der Waals surface area contributed by atoms with Crippen LogP contribution in [-0.2, 0) is 0 Å². The maximum absolute atomic E-state index is 2.38. The van der Waals surface area contributed by atoms with Crippen molar-refractivity contribution in [3.8, 4) is 44.5 Å². The molecule has 0 radical (unpaired) electrons. The molecule has 0 spiro atoms. The third-order valence-corrected chi connectivity index (χ3v) is 12.3. The van der Waals surface area contributed by atoms with Gasteiger partial charge in [0.15, 0.2) is 0 Å². The highest BCUT2D eigenvalue weighted by atomic mass is 14.2. The minimum atomic E-state index is 1.25. The Hall–Kier alpha value is -7.02. The molecule has 0 atom stereocenters. The molecule has 11 aromatic rings. The standard InChI is InChI=1S/C56H38/c1-35-39-29-30-40-36(2)42(56-51-27-15-11-23-47(51)54(38-19-7-4-8-20-38)48-24-12-16-28-52(48)56)32-34-44(40)43(39)33-31-41(35)55-49-25-13-9-21-45(49)53(37-17-5-3-6-18-37)46-22-10-14-26-50(46)55/h3-34H,1-2H3. The van der Waals surface area contributed by atoms with Crippen molar-refractivity contribution in [2.75, 3.05) is 0 Å². The molecule has 0 amide bonds. The fourth-order valence-electron chi connectivity index (χ4n) is 9.73. The van der Waals surface area contributed by atoms with Crippen LogP contribution >= 0.6 is 0 Å². The van der Waals surface area contributed by atoms with E-state index in [-0.39, 0.29) is 0 Å². The van der Waals surface area contributed by atoms with E-state index in [1.54, 1.807) is 0 Å². The highest BCUT2D eigenvalue weighted by Gasteiger charge is 2.21. The van der Waals surface area contributed by atoms with Gasteiger partial charge < -0.3 is 0 Å². The van der Waals surface area contributed by atoms with Crippen molar-refractivity contribution >= 4 is 64.6 Å². The summed E-state index contributed by atoms with van der Waals surface area (Å²) >= 11 is 0. The Morgan fingerprint density at radius 3 is 0.750 bits per heavy atom. The highest BCUT2D eigenvalue weighted by Crippen LogP contribution is 2.48. The van der Waals surface area contributed by atoms with Gasteiger partial charge in [0.2, 0.25) is 0 Å². The quantitative estimate of drug-likeness (QED) is 0.126. The van der Waals surface area contributed by atoms with Crippen molar-refractivity contribution in [3.63, 3.8) is 0 Å². The van der Waals surface area contributed by atoms with Crippen LogP contribution in [-0.4, -0.2) is 0 Å². The maximum atomic E-state index is 2.38. The van der Waals surface area contributed by atoms with Crippen LogP contribution in [0.3, 0.4) is 0 Å². The summed E-state index contributed by atoms with van der Waals surface area (Å²) in [5.41, 5.74) is 12.9. The van der Waals surface area contributed by atoms with Gasteiger partial charge in [-0.3, -0.25) is 0 Å². The van der Waals surface area contributed by atoms with Crippen molar-refractivity contribution in [2.45, 2.75) is 13.8 Å². The third kappa shape index (κ3) is 4.79. The molecule has 56 heavy (non-hydrogen) atoms. The van der Waals surface area contributed by atoms with Crippen LogP contribution in [0.15, 0.2) is 194 Å². The number of benzene rings is 11. The molecular formula is C56H38. The third-order valence-electron chi connectivity index (χ3n) is 12.3. The van der Waals surface area contributed by atoms with Crippen LogP contribution in [0.1, 0.15) is 11.1 Å². The molecule has 0 aliphatic heterocycles. The molecule has 0 heterocycles. The Balaban J connectivity index is 1.13. The van der Waals surface area contributed by atoms with Crippen LogP contribution in [0, 0.1) is 13.8 Å². The Morgan fingerprint density at radius 2 is 0.446 bits per heavy atom. The van der Waals surface area contributed by atoms with Gasteiger partial charge in [-0.2, -0.15) is 0 Å². The van der Waals surface area contributed by atoms with Gasteiger partial charge >= 0.3 is 0 Å². The van der Waals surface area contributed by atoms with Gasteiger partial charge in [-0.25, -0.2) is 0 Å². The molecule has 0 fully saturated rings. The van der Waals surface area contributed by atoms with E-state index in [1.807, 2.05) is 0 Å². The van der Waals surface area contributed by atoms with Gasteiger partial charge in [-0.15, -0.1) is 0 Å². The van der Waals surface area contributed by atoms with E-state index < -0.39 is 0 Å². The smallest absolute Gasteiger partial charge is 0.00235 e. The van der Waals surface area contributed by atoms with Gasteiger partial charge in [-0.1, -0.05) is 194 Å². The predicted molar refractivity (Wildman–Crippen MR) is 243 cm³/mol. The second kappa shape index (κ2) is 12.8. The zero-order chi connectivity index (χ0) is 37.3. The van der Waals surface area contributed by atoms with E-state index in [0.29, 0.717) is 0 Å². The first-order chi connectivity index (χ1) is 27.7. The van der Waals surface area contributed by atoms with Crippen molar-refractivity contribution in [3.05, 3.63) is 205 Å². The largest absolute Gasteiger partial charge is 0.0622 e. The maximum Gasteiger partial charge on any atom is -0.00235 e. The molecule has 0 saturated carbocycles. The minimum Gasteiger partial charge on any atom is -0.0622 e. The lowest BCUT2D eigenvalue weighted by Gasteiger charge is -2.21. The molecule has 0 heteroatoms. The van der Waals surface area contributed by atoms with Crippen molar-refractivity contribution < 1.29 is 0 Å². The second-order valence-corrected chi connectivity index (χ2v) is 15.1. The van der Waals surface area contributed by atoms with Crippen LogP contribution < -0.4 is 0 Å². The summed E-state index contributed by atoms with van der Waals surface area (Å²) in [6.07, 6.45) is 0. The Morgan fingerprint density at radius 1 is 0.196 bits per heavy atom. The number of fused-ring (bicyclic) bond motifs is 7. The molecule has 262 valence electrons. The van der Waals surface area contributed by atoms with E-state index >= 15 is 0 Å². The second-order valence-electron chi connectivity index (χ2n) is 15.1. The van der Waals surface area contributed by atoms with E-state index in [9.17, 15) is 0 Å². The summed E-state index contributed by atoms with van der Waals surface area (Å²) in [5, 5.41) is 15.4. The van der Waals surface area contributed by atoms with Gasteiger partial charge in [0, 0.05) is 0 Å². The molecule has 0 N–H and O–H groups in total. The van der Waals surface area contributed by atoms with Crippen LogP contribution in [0.25, 0.3) is 109 Å². The molecule has 0 aliphatic rings. The minimum absolute atomic E-state index is 1.25. The topological polar surface area (TPSA) is 0 Å². The summed E-state index contributed by atoms with van der Waals surface area (Å²) < 4.78 is 0. The SMILES string of the molecule is Cc1c(-c2c3ccccc3c(-c3ccccc3)c3ccccc23)ccc2c1ccc1c(C)c(-c3c4ccccc4c(-c4ccccc4)c4ccccc34)ccc12. The number of hydrogen-bond acceptors (Lipinski definition) is 0. The first-order valence-electron chi connectivity index (χ1n) is 19.6. The van der Waals surface area contributed by atoms with Crippen molar-refractivity contribution in [1.82, 2.24) is 0 Å². The molecule has 0 unspecified atom stereocenters. The molecular weight excluding hydrogens is 673 g/mol. The van der Waals surface area contributed by atoms with Crippen molar-refractivity contribution in [2.24, 2.45) is 0 Å². The lowest BCUT2D eigenvalue weighted by atomic mass is 9.82. The number of rotatable bonds is 4. The summed E-state index contributed by atoms with van der Waals surface area (Å²) in [7, 11) is 0. The molecule has 11 rings (SSSR count). The van der Waals surface area contributed by atoms with Crippen LogP contribution in [0.4, 0.5) is 0 Å². The number of hydrogen-bond donors (Lipinski definition) is 0. The summed E-state index contributed by atoms with van der Waals surface area (Å²) in [6, 6.07) is 71.7. The normalized spacial score (nSPS) is 11.8. The predicted octanol–water partition coefficient (Wildman–Crippen LogP) is 15.9. The van der Waals surface area contributed by atoms with Gasteiger partial charge in [0.05, 0.1) is 0 Å². The molecule has 0 bridgehead atoms. The van der Waals surface area contributed by atoms with E-state index in [0.717, 1.165) is 0 Å². The Kier molecular flexibility index (Phi) is 7.41. The van der Waals surface area contributed by atoms with E-state index in [2.05, 4.69) is 208 Å². The molecule has 0 saturated heterocycles. The number of aryl methyl sites for hydroxylation is 2.